The van der Waals surface area contributed by atoms with Crippen LogP contribution in [-0.2, 0) is 9.59 Å². The highest BCUT2D eigenvalue weighted by atomic mass is 127. The van der Waals surface area contributed by atoms with Crippen molar-refractivity contribution in [3.63, 3.8) is 0 Å². The number of hydrogen-bond acceptors (Lipinski definition) is 4. The maximum Gasteiger partial charge on any atom is 0.236 e. The second-order valence-electron chi connectivity index (χ2n) is 7.92. The Morgan fingerprint density at radius 1 is 1.11 bits per heavy atom. The van der Waals surface area contributed by atoms with Gasteiger partial charge in [0.25, 0.3) is 0 Å². The molecule has 0 aliphatic carbocycles. The van der Waals surface area contributed by atoms with Crippen LogP contribution in [0.4, 0.5) is 0 Å². The van der Waals surface area contributed by atoms with E-state index in [-0.39, 0.29) is 35.8 Å². The molecular formula is C19H39IN6O2. The Hall–Kier alpha value is -1.10. The van der Waals surface area contributed by atoms with Gasteiger partial charge < -0.3 is 20.9 Å². The maximum absolute atomic E-state index is 12.1. The summed E-state index contributed by atoms with van der Waals surface area (Å²) in [6.45, 7) is 11.8. The number of amides is 2. The van der Waals surface area contributed by atoms with E-state index in [4.69, 9.17) is 0 Å². The highest BCUT2D eigenvalue weighted by Gasteiger charge is 2.27. The van der Waals surface area contributed by atoms with E-state index in [0.717, 1.165) is 38.4 Å². The standard InChI is InChI=1S/C19H38N6O2.HI/c1-7-20-17(27)19(3,4)14-22-18(21-8-2)23-15-9-11-25(12-10-15)13-16(26)24(5)6;/h15H,7-14H2,1-6H3,(H,20,27)(H2,21,22,23);1H. The number of carbonyl (C=O) groups excluding carboxylic acids is 2. The van der Waals surface area contributed by atoms with Crippen molar-refractivity contribution in [2.75, 3.05) is 53.4 Å². The number of piperidine rings is 1. The molecule has 8 nitrogen and oxygen atoms in total. The largest absolute Gasteiger partial charge is 0.357 e. The van der Waals surface area contributed by atoms with E-state index in [0.29, 0.717) is 25.7 Å². The Bertz CT molecular complexity index is 517. The van der Waals surface area contributed by atoms with Crippen LogP contribution in [0.25, 0.3) is 0 Å². The Kier molecular flexibility index (Phi) is 12.7. The third kappa shape index (κ3) is 9.40. The first-order valence-corrected chi connectivity index (χ1v) is 9.95. The predicted molar refractivity (Wildman–Crippen MR) is 125 cm³/mol. The van der Waals surface area contributed by atoms with Crippen LogP contribution < -0.4 is 16.0 Å². The molecule has 0 radical (unpaired) electrons. The molecule has 1 aliphatic rings. The van der Waals surface area contributed by atoms with Gasteiger partial charge in [-0.2, -0.15) is 0 Å². The smallest absolute Gasteiger partial charge is 0.236 e. The molecular weight excluding hydrogens is 471 g/mol. The van der Waals surface area contributed by atoms with Crippen LogP contribution in [0.5, 0.6) is 0 Å². The number of nitrogens with one attached hydrogen (secondary N) is 3. The molecule has 0 unspecified atom stereocenters. The topological polar surface area (TPSA) is 89.1 Å². The second kappa shape index (κ2) is 13.2. The van der Waals surface area contributed by atoms with Gasteiger partial charge >= 0.3 is 0 Å². The van der Waals surface area contributed by atoms with Crippen LogP contribution in [0, 0.1) is 5.41 Å². The van der Waals surface area contributed by atoms with Crippen molar-refractivity contribution in [3.8, 4) is 0 Å². The van der Waals surface area contributed by atoms with Gasteiger partial charge in [0, 0.05) is 46.3 Å². The van der Waals surface area contributed by atoms with E-state index in [9.17, 15) is 9.59 Å². The minimum Gasteiger partial charge on any atom is -0.357 e. The summed E-state index contributed by atoms with van der Waals surface area (Å²) in [5.41, 5.74) is -0.547. The molecule has 0 aromatic heterocycles. The predicted octanol–water partition coefficient (Wildman–Crippen LogP) is 0.874. The molecule has 0 aromatic carbocycles. The average molecular weight is 510 g/mol. The zero-order chi connectivity index (χ0) is 20.4. The van der Waals surface area contributed by atoms with Gasteiger partial charge in [0.15, 0.2) is 5.96 Å². The summed E-state index contributed by atoms with van der Waals surface area (Å²) in [5.74, 6) is 0.907. The van der Waals surface area contributed by atoms with E-state index in [2.05, 4.69) is 25.8 Å². The Labute approximate surface area is 187 Å². The van der Waals surface area contributed by atoms with E-state index >= 15 is 0 Å². The number of rotatable bonds is 8. The monoisotopic (exact) mass is 510 g/mol. The minimum atomic E-state index is -0.547. The molecule has 1 aliphatic heterocycles. The third-order valence-corrected chi connectivity index (χ3v) is 4.71. The lowest BCUT2D eigenvalue weighted by molar-refractivity contribution is -0.130. The van der Waals surface area contributed by atoms with Crippen molar-refractivity contribution in [3.05, 3.63) is 0 Å². The summed E-state index contributed by atoms with van der Waals surface area (Å²) in [5, 5.41) is 9.61. The summed E-state index contributed by atoms with van der Waals surface area (Å²) >= 11 is 0. The second-order valence-corrected chi connectivity index (χ2v) is 7.92. The van der Waals surface area contributed by atoms with Crippen molar-refractivity contribution < 1.29 is 9.59 Å². The van der Waals surface area contributed by atoms with Gasteiger partial charge in [-0.1, -0.05) is 0 Å². The lowest BCUT2D eigenvalue weighted by atomic mass is 9.92. The van der Waals surface area contributed by atoms with Gasteiger partial charge in [0.1, 0.15) is 0 Å². The molecule has 28 heavy (non-hydrogen) atoms. The summed E-state index contributed by atoms with van der Waals surface area (Å²) in [7, 11) is 3.58. The number of halogens is 1. The first-order valence-electron chi connectivity index (χ1n) is 9.95. The molecule has 0 saturated carbocycles. The Morgan fingerprint density at radius 3 is 2.18 bits per heavy atom. The number of hydrogen-bond donors (Lipinski definition) is 3. The first-order chi connectivity index (χ1) is 12.7. The number of likely N-dealkylation sites (N-methyl/N-ethyl adjacent to an activating group) is 1. The van der Waals surface area contributed by atoms with Gasteiger partial charge in [-0.15, -0.1) is 24.0 Å². The molecule has 1 fully saturated rings. The number of aliphatic imine (C=N–C) groups is 1. The van der Waals surface area contributed by atoms with Crippen molar-refractivity contribution in [2.45, 2.75) is 46.6 Å². The van der Waals surface area contributed by atoms with Crippen LogP contribution in [0.2, 0.25) is 0 Å². The molecule has 0 bridgehead atoms. The zero-order valence-electron chi connectivity index (χ0n) is 18.3. The lowest BCUT2D eigenvalue weighted by Crippen LogP contribution is -2.50. The quantitative estimate of drug-likeness (QED) is 0.256. The fourth-order valence-electron chi connectivity index (χ4n) is 2.83. The number of carbonyl (C=O) groups is 2. The van der Waals surface area contributed by atoms with Crippen LogP contribution in [0.15, 0.2) is 4.99 Å². The van der Waals surface area contributed by atoms with E-state index in [1.807, 2.05) is 27.7 Å². The van der Waals surface area contributed by atoms with E-state index in [1.165, 1.54) is 0 Å². The molecule has 1 saturated heterocycles. The molecule has 2 amide bonds. The van der Waals surface area contributed by atoms with Crippen LogP contribution in [0.1, 0.15) is 40.5 Å². The number of likely N-dealkylation sites (tertiary alicyclic amines) is 1. The van der Waals surface area contributed by atoms with E-state index in [1.54, 1.807) is 19.0 Å². The maximum atomic E-state index is 12.1. The number of guanidine groups is 1. The van der Waals surface area contributed by atoms with Crippen LogP contribution in [0.3, 0.4) is 0 Å². The zero-order valence-corrected chi connectivity index (χ0v) is 20.6. The molecule has 1 heterocycles. The van der Waals surface area contributed by atoms with Gasteiger partial charge in [0.05, 0.1) is 18.5 Å². The fraction of sp³-hybridized carbons (Fsp3) is 0.842. The third-order valence-electron chi connectivity index (χ3n) is 4.71. The molecule has 3 N–H and O–H groups in total. The lowest BCUT2D eigenvalue weighted by Gasteiger charge is -2.33. The highest BCUT2D eigenvalue weighted by Crippen LogP contribution is 2.16. The highest BCUT2D eigenvalue weighted by molar-refractivity contribution is 14.0. The first kappa shape index (κ1) is 26.9. The van der Waals surface area contributed by atoms with Gasteiger partial charge in [0.2, 0.25) is 11.8 Å². The molecule has 0 atom stereocenters. The van der Waals surface area contributed by atoms with Gasteiger partial charge in [-0.25, -0.2) is 0 Å². The molecule has 164 valence electrons. The normalized spacial score (nSPS) is 16.1. The molecule has 1 rings (SSSR count). The van der Waals surface area contributed by atoms with E-state index < -0.39 is 5.41 Å². The Balaban J connectivity index is 0.00000729. The summed E-state index contributed by atoms with van der Waals surface area (Å²) in [6.07, 6.45) is 1.93. The van der Waals surface area contributed by atoms with Crippen LogP contribution >= 0.6 is 24.0 Å². The Morgan fingerprint density at radius 2 is 1.68 bits per heavy atom. The minimum absolute atomic E-state index is 0. The van der Waals surface area contributed by atoms with Gasteiger partial charge in [-0.3, -0.25) is 19.5 Å². The summed E-state index contributed by atoms with van der Waals surface area (Å²) in [6, 6.07) is 0.320. The molecule has 0 spiro atoms. The van der Waals surface area contributed by atoms with Crippen molar-refractivity contribution >= 4 is 41.8 Å². The molecule has 9 heteroatoms. The van der Waals surface area contributed by atoms with Gasteiger partial charge in [-0.05, 0) is 40.5 Å². The SMILES string of the molecule is CCNC(=O)C(C)(C)CN=C(NCC)NC1CCN(CC(=O)N(C)C)CC1.I. The number of nitrogens with zero attached hydrogens (tertiary/aromatic N) is 3. The fourth-order valence-corrected chi connectivity index (χ4v) is 2.83. The van der Waals surface area contributed by atoms with Crippen LogP contribution in [-0.4, -0.2) is 87.0 Å². The summed E-state index contributed by atoms with van der Waals surface area (Å²) in [4.78, 5) is 32.4. The van der Waals surface area contributed by atoms with Crippen molar-refractivity contribution in [1.29, 1.82) is 0 Å². The average Bonchev–Trinajstić information content (AvgIpc) is 2.61. The molecule has 0 aromatic rings. The summed E-state index contributed by atoms with van der Waals surface area (Å²) < 4.78 is 0. The van der Waals surface area contributed by atoms with Crippen molar-refractivity contribution in [1.82, 2.24) is 25.8 Å². The van der Waals surface area contributed by atoms with Crippen molar-refractivity contribution in [2.24, 2.45) is 10.4 Å².